The number of nitrogens with two attached hydrogens (primary N) is 1. The van der Waals surface area contributed by atoms with Crippen LogP contribution >= 0.6 is 0 Å². The highest BCUT2D eigenvalue weighted by molar-refractivity contribution is 4.77. The maximum Gasteiger partial charge on any atom is 0.0233 e. The molecule has 3 N–H and O–H groups in total. The fraction of sp³-hybridized carbons (Fsp3) is 1.00. The second-order valence-corrected chi connectivity index (χ2v) is 6.88. The standard InChI is InChI=1S/C16H40N6/c1-19(2)10-7-16(15-18-9-8-17)22(13-11-20(3)4)14-12-21(5)6/h16,18H,7-15,17H2,1-6H3. The monoisotopic (exact) mass is 316 g/mol. The van der Waals surface area contributed by atoms with E-state index < -0.39 is 0 Å². The Hall–Kier alpha value is -0.240. The van der Waals surface area contributed by atoms with E-state index in [1.807, 2.05) is 0 Å². The summed E-state index contributed by atoms with van der Waals surface area (Å²) in [6.07, 6.45) is 1.19. The maximum atomic E-state index is 5.61. The largest absolute Gasteiger partial charge is 0.329 e. The molecule has 0 aromatic carbocycles. The van der Waals surface area contributed by atoms with Gasteiger partial charge in [0.25, 0.3) is 0 Å². The van der Waals surface area contributed by atoms with E-state index in [0.717, 1.165) is 45.8 Å². The lowest BCUT2D eigenvalue weighted by Crippen LogP contribution is -2.48. The Morgan fingerprint density at radius 2 is 1.27 bits per heavy atom. The summed E-state index contributed by atoms with van der Waals surface area (Å²) in [4.78, 5) is 9.43. The molecule has 1 unspecified atom stereocenters. The molecule has 22 heavy (non-hydrogen) atoms. The van der Waals surface area contributed by atoms with E-state index in [1.54, 1.807) is 0 Å². The fourth-order valence-electron chi connectivity index (χ4n) is 2.33. The van der Waals surface area contributed by atoms with E-state index in [-0.39, 0.29) is 0 Å². The molecule has 0 rings (SSSR count). The van der Waals surface area contributed by atoms with Gasteiger partial charge in [0.05, 0.1) is 0 Å². The zero-order valence-corrected chi connectivity index (χ0v) is 15.8. The van der Waals surface area contributed by atoms with Crippen LogP contribution in [0.4, 0.5) is 0 Å². The number of hydrogen-bond acceptors (Lipinski definition) is 6. The van der Waals surface area contributed by atoms with Crippen LogP contribution in [0.25, 0.3) is 0 Å². The zero-order chi connectivity index (χ0) is 17.0. The first-order valence-corrected chi connectivity index (χ1v) is 8.45. The van der Waals surface area contributed by atoms with Crippen LogP contribution in [0.3, 0.4) is 0 Å². The molecular weight excluding hydrogens is 276 g/mol. The third-order valence-corrected chi connectivity index (χ3v) is 3.80. The number of rotatable bonds is 14. The van der Waals surface area contributed by atoms with Crippen molar-refractivity contribution in [2.75, 3.05) is 94.6 Å². The van der Waals surface area contributed by atoms with Crippen LogP contribution in [0.1, 0.15) is 6.42 Å². The third-order valence-electron chi connectivity index (χ3n) is 3.80. The number of nitrogens with one attached hydrogen (secondary N) is 1. The molecule has 0 radical (unpaired) electrons. The molecule has 0 aromatic rings. The van der Waals surface area contributed by atoms with Crippen LogP contribution in [0.15, 0.2) is 0 Å². The molecule has 0 bridgehead atoms. The first-order valence-electron chi connectivity index (χ1n) is 8.45. The van der Waals surface area contributed by atoms with Crippen LogP contribution in [-0.2, 0) is 0 Å². The van der Waals surface area contributed by atoms with Crippen LogP contribution < -0.4 is 11.1 Å². The van der Waals surface area contributed by atoms with Gasteiger partial charge in [-0.15, -0.1) is 0 Å². The Bertz CT molecular complexity index is 233. The Morgan fingerprint density at radius 3 is 1.68 bits per heavy atom. The minimum absolute atomic E-state index is 0.564. The predicted octanol–water partition coefficient (Wildman–Crippen LogP) is -0.720. The number of hydrogen-bond donors (Lipinski definition) is 2. The average Bonchev–Trinajstić information content (AvgIpc) is 2.42. The number of nitrogens with zero attached hydrogens (tertiary/aromatic N) is 4. The normalized spacial score (nSPS) is 13.8. The van der Waals surface area contributed by atoms with Crippen molar-refractivity contribution in [3.8, 4) is 0 Å². The van der Waals surface area contributed by atoms with Gasteiger partial charge in [-0.3, -0.25) is 4.90 Å². The van der Waals surface area contributed by atoms with Gasteiger partial charge in [-0.05, 0) is 55.3 Å². The first kappa shape index (κ1) is 21.8. The molecular formula is C16H40N6. The summed E-state index contributed by atoms with van der Waals surface area (Å²) >= 11 is 0. The van der Waals surface area contributed by atoms with Crippen molar-refractivity contribution >= 4 is 0 Å². The Morgan fingerprint density at radius 1 is 0.773 bits per heavy atom. The second kappa shape index (κ2) is 13.2. The van der Waals surface area contributed by atoms with E-state index in [9.17, 15) is 0 Å². The van der Waals surface area contributed by atoms with Gasteiger partial charge < -0.3 is 25.8 Å². The van der Waals surface area contributed by atoms with Crippen LogP contribution in [0.2, 0.25) is 0 Å². The molecule has 134 valence electrons. The van der Waals surface area contributed by atoms with Crippen molar-refractivity contribution in [1.29, 1.82) is 0 Å². The highest BCUT2D eigenvalue weighted by Crippen LogP contribution is 2.05. The molecule has 0 saturated carbocycles. The lowest BCUT2D eigenvalue weighted by molar-refractivity contribution is 0.146. The Balaban J connectivity index is 4.63. The second-order valence-electron chi connectivity index (χ2n) is 6.88. The lowest BCUT2D eigenvalue weighted by atomic mass is 10.1. The van der Waals surface area contributed by atoms with Gasteiger partial charge in [0.2, 0.25) is 0 Å². The van der Waals surface area contributed by atoms with Crippen LogP contribution in [0.5, 0.6) is 0 Å². The van der Waals surface area contributed by atoms with Crippen molar-refractivity contribution in [1.82, 2.24) is 24.9 Å². The molecule has 0 aromatic heterocycles. The van der Waals surface area contributed by atoms with Crippen molar-refractivity contribution in [3.63, 3.8) is 0 Å². The van der Waals surface area contributed by atoms with Gasteiger partial charge in [-0.1, -0.05) is 0 Å². The highest BCUT2D eigenvalue weighted by Gasteiger charge is 2.18. The fourth-order valence-corrected chi connectivity index (χ4v) is 2.33. The van der Waals surface area contributed by atoms with Gasteiger partial charge in [0.15, 0.2) is 0 Å². The quantitative estimate of drug-likeness (QED) is 0.413. The van der Waals surface area contributed by atoms with Gasteiger partial charge in [0.1, 0.15) is 0 Å². The maximum absolute atomic E-state index is 5.61. The molecule has 0 saturated heterocycles. The van der Waals surface area contributed by atoms with Crippen molar-refractivity contribution < 1.29 is 0 Å². The molecule has 0 aliphatic carbocycles. The zero-order valence-electron chi connectivity index (χ0n) is 15.8. The van der Waals surface area contributed by atoms with Gasteiger partial charge >= 0.3 is 0 Å². The predicted molar refractivity (Wildman–Crippen MR) is 97.6 cm³/mol. The van der Waals surface area contributed by atoms with Crippen molar-refractivity contribution in [3.05, 3.63) is 0 Å². The number of likely N-dealkylation sites (N-methyl/N-ethyl adjacent to an activating group) is 2. The summed E-state index contributed by atoms with van der Waals surface area (Å²) in [7, 11) is 12.9. The molecule has 0 aliphatic rings. The molecule has 6 nitrogen and oxygen atoms in total. The molecule has 0 spiro atoms. The summed E-state index contributed by atoms with van der Waals surface area (Å²) in [6.45, 7) is 8.17. The summed E-state index contributed by atoms with van der Waals surface area (Å²) in [5.74, 6) is 0. The van der Waals surface area contributed by atoms with Crippen molar-refractivity contribution in [2.24, 2.45) is 5.73 Å². The van der Waals surface area contributed by atoms with Gasteiger partial charge in [0, 0.05) is 51.9 Å². The van der Waals surface area contributed by atoms with Crippen LogP contribution in [0, 0.1) is 0 Å². The molecule has 1 atom stereocenters. The van der Waals surface area contributed by atoms with E-state index in [2.05, 4.69) is 67.2 Å². The first-order chi connectivity index (χ1) is 10.4. The summed E-state index contributed by atoms with van der Waals surface area (Å²) in [5.41, 5.74) is 5.61. The SMILES string of the molecule is CN(C)CCC(CNCCN)N(CCN(C)C)CCN(C)C. The third kappa shape index (κ3) is 12.3. The van der Waals surface area contributed by atoms with E-state index in [4.69, 9.17) is 5.73 Å². The van der Waals surface area contributed by atoms with Crippen LogP contribution in [-0.4, -0.2) is 120 Å². The summed E-state index contributed by atoms with van der Waals surface area (Å²) < 4.78 is 0. The smallest absolute Gasteiger partial charge is 0.0233 e. The lowest BCUT2D eigenvalue weighted by Gasteiger charge is -2.34. The molecule has 0 aliphatic heterocycles. The van der Waals surface area contributed by atoms with E-state index in [0.29, 0.717) is 12.6 Å². The molecule has 0 heterocycles. The highest BCUT2D eigenvalue weighted by atomic mass is 15.2. The summed E-state index contributed by atoms with van der Waals surface area (Å²) in [6, 6.07) is 0.564. The summed E-state index contributed by atoms with van der Waals surface area (Å²) in [5, 5.41) is 3.50. The van der Waals surface area contributed by atoms with Crippen molar-refractivity contribution in [2.45, 2.75) is 12.5 Å². The Labute approximate surface area is 138 Å². The van der Waals surface area contributed by atoms with Gasteiger partial charge in [-0.25, -0.2) is 0 Å². The van der Waals surface area contributed by atoms with E-state index >= 15 is 0 Å². The Kier molecular flexibility index (Phi) is 13.1. The molecule has 6 heteroatoms. The minimum atomic E-state index is 0.564. The van der Waals surface area contributed by atoms with Gasteiger partial charge in [-0.2, -0.15) is 0 Å². The minimum Gasteiger partial charge on any atom is -0.329 e. The molecule has 0 amide bonds. The topological polar surface area (TPSA) is 51.0 Å². The average molecular weight is 317 g/mol. The molecule has 0 fully saturated rings. The van der Waals surface area contributed by atoms with E-state index in [1.165, 1.54) is 6.42 Å².